The van der Waals surface area contributed by atoms with Crippen LogP contribution in [0.4, 0.5) is 0 Å². The predicted octanol–water partition coefficient (Wildman–Crippen LogP) is 1.77. The monoisotopic (exact) mass is 169 g/mol. The molecule has 1 atom stereocenters. The number of carbonyl (C=O) groups is 1. The van der Waals surface area contributed by atoms with Crippen LogP contribution in [-0.4, -0.2) is 18.6 Å². The Morgan fingerprint density at radius 3 is 3.00 bits per heavy atom. The molecular formula is C9H15NO2. The molecule has 0 N–H and O–H groups in total. The SMILES string of the molecule is CO/N=C(\C)CC1CCC(=O)C1. The minimum Gasteiger partial charge on any atom is -0.399 e. The number of hydrogen-bond donors (Lipinski definition) is 0. The van der Waals surface area contributed by atoms with Crippen LogP contribution >= 0.6 is 0 Å². The molecule has 1 aliphatic rings. The van der Waals surface area contributed by atoms with Gasteiger partial charge in [-0.15, -0.1) is 0 Å². The van der Waals surface area contributed by atoms with E-state index in [2.05, 4.69) is 9.99 Å². The quantitative estimate of drug-likeness (QED) is 0.477. The third-order valence-electron chi connectivity index (χ3n) is 2.18. The Labute approximate surface area is 72.8 Å². The fourth-order valence-corrected chi connectivity index (χ4v) is 1.68. The maximum absolute atomic E-state index is 10.9. The van der Waals surface area contributed by atoms with E-state index in [4.69, 9.17) is 0 Å². The predicted molar refractivity (Wildman–Crippen MR) is 47.1 cm³/mol. The van der Waals surface area contributed by atoms with Gasteiger partial charge >= 0.3 is 0 Å². The van der Waals surface area contributed by atoms with Crippen LogP contribution in [0.15, 0.2) is 5.16 Å². The van der Waals surface area contributed by atoms with Gasteiger partial charge in [0.25, 0.3) is 0 Å². The zero-order chi connectivity index (χ0) is 8.97. The molecule has 0 bridgehead atoms. The lowest BCUT2D eigenvalue weighted by atomic mass is 10.0. The van der Waals surface area contributed by atoms with Crippen molar-refractivity contribution in [1.29, 1.82) is 0 Å². The first-order valence-corrected chi connectivity index (χ1v) is 4.30. The summed E-state index contributed by atoms with van der Waals surface area (Å²) in [4.78, 5) is 15.6. The van der Waals surface area contributed by atoms with Gasteiger partial charge in [-0.3, -0.25) is 4.79 Å². The molecule has 0 heterocycles. The van der Waals surface area contributed by atoms with Crippen molar-refractivity contribution in [3.8, 4) is 0 Å². The van der Waals surface area contributed by atoms with Gasteiger partial charge in [0.2, 0.25) is 0 Å². The fraction of sp³-hybridized carbons (Fsp3) is 0.778. The second kappa shape index (κ2) is 4.24. The smallest absolute Gasteiger partial charge is 0.133 e. The normalized spacial score (nSPS) is 24.7. The molecule has 12 heavy (non-hydrogen) atoms. The zero-order valence-corrected chi connectivity index (χ0v) is 7.67. The van der Waals surface area contributed by atoms with Crippen LogP contribution in [0.2, 0.25) is 0 Å². The molecule has 1 rings (SSSR count). The molecule has 0 amide bonds. The topological polar surface area (TPSA) is 38.7 Å². The van der Waals surface area contributed by atoms with Gasteiger partial charge in [0.05, 0.1) is 5.71 Å². The van der Waals surface area contributed by atoms with Crippen molar-refractivity contribution in [1.82, 2.24) is 0 Å². The first-order chi connectivity index (χ1) is 5.72. The van der Waals surface area contributed by atoms with Gasteiger partial charge in [0, 0.05) is 12.8 Å². The van der Waals surface area contributed by atoms with Crippen molar-refractivity contribution >= 4 is 11.5 Å². The molecule has 3 nitrogen and oxygen atoms in total. The first kappa shape index (κ1) is 9.23. The van der Waals surface area contributed by atoms with Crippen molar-refractivity contribution in [2.75, 3.05) is 7.11 Å². The maximum Gasteiger partial charge on any atom is 0.133 e. The van der Waals surface area contributed by atoms with Gasteiger partial charge < -0.3 is 4.84 Å². The van der Waals surface area contributed by atoms with Crippen LogP contribution in [0.25, 0.3) is 0 Å². The number of hydrogen-bond acceptors (Lipinski definition) is 3. The van der Waals surface area contributed by atoms with Gasteiger partial charge in [-0.25, -0.2) is 0 Å². The molecule has 0 aliphatic heterocycles. The van der Waals surface area contributed by atoms with Crippen molar-refractivity contribution < 1.29 is 9.63 Å². The van der Waals surface area contributed by atoms with Gasteiger partial charge in [0.1, 0.15) is 12.9 Å². The Bertz CT molecular complexity index is 199. The Balaban J connectivity index is 2.32. The minimum absolute atomic E-state index is 0.394. The number of Topliss-reactive ketones (excluding diaryl/α,β-unsaturated/α-hetero) is 1. The largest absolute Gasteiger partial charge is 0.399 e. The van der Waals surface area contributed by atoms with Crippen LogP contribution < -0.4 is 0 Å². The highest BCUT2D eigenvalue weighted by atomic mass is 16.6. The molecule has 0 aromatic carbocycles. The molecular weight excluding hydrogens is 154 g/mol. The summed E-state index contributed by atoms with van der Waals surface area (Å²) in [7, 11) is 1.54. The van der Waals surface area contributed by atoms with Gasteiger partial charge in [-0.05, 0) is 25.7 Å². The standard InChI is InChI=1S/C9H15NO2/c1-7(10-12-2)5-8-3-4-9(11)6-8/h8H,3-6H2,1-2H3/b10-7+. The van der Waals surface area contributed by atoms with Gasteiger partial charge in [-0.2, -0.15) is 0 Å². The number of rotatable bonds is 3. The van der Waals surface area contributed by atoms with Crippen LogP contribution in [0.1, 0.15) is 32.6 Å². The van der Waals surface area contributed by atoms with E-state index in [0.29, 0.717) is 11.7 Å². The second-order valence-electron chi connectivity index (χ2n) is 3.36. The molecule has 0 radical (unpaired) electrons. The average molecular weight is 169 g/mol. The van der Waals surface area contributed by atoms with Crippen LogP contribution in [0, 0.1) is 5.92 Å². The molecule has 0 aromatic heterocycles. The van der Waals surface area contributed by atoms with Crippen molar-refractivity contribution in [3.05, 3.63) is 0 Å². The second-order valence-corrected chi connectivity index (χ2v) is 3.36. The van der Waals surface area contributed by atoms with E-state index < -0.39 is 0 Å². The molecule has 1 saturated carbocycles. The lowest BCUT2D eigenvalue weighted by Gasteiger charge is -2.05. The third-order valence-corrected chi connectivity index (χ3v) is 2.18. The summed E-state index contributed by atoms with van der Waals surface area (Å²) in [6.45, 7) is 1.94. The van der Waals surface area contributed by atoms with Crippen molar-refractivity contribution in [3.63, 3.8) is 0 Å². The Morgan fingerprint density at radius 1 is 1.75 bits per heavy atom. The molecule has 68 valence electrons. The molecule has 0 aromatic rings. The van der Waals surface area contributed by atoms with E-state index in [0.717, 1.165) is 31.4 Å². The highest BCUT2D eigenvalue weighted by molar-refractivity contribution is 5.85. The Kier molecular flexibility index (Phi) is 3.26. The van der Waals surface area contributed by atoms with Crippen molar-refractivity contribution in [2.45, 2.75) is 32.6 Å². The average Bonchev–Trinajstić information content (AvgIpc) is 2.36. The first-order valence-electron chi connectivity index (χ1n) is 4.30. The highest BCUT2D eigenvalue weighted by Gasteiger charge is 2.22. The van der Waals surface area contributed by atoms with Gasteiger partial charge in [-0.1, -0.05) is 5.16 Å². The number of carbonyl (C=O) groups excluding carboxylic acids is 1. The van der Waals surface area contributed by atoms with E-state index in [1.807, 2.05) is 6.92 Å². The van der Waals surface area contributed by atoms with E-state index in [1.165, 1.54) is 0 Å². The number of ketones is 1. The van der Waals surface area contributed by atoms with Crippen LogP contribution in [0.5, 0.6) is 0 Å². The number of oxime groups is 1. The third kappa shape index (κ3) is 2.64. The summed E-state index contributed by atoms with van der Waals surface area (Å²) in [6, 6.07) is 0. The number of nitrogens with zero attached hydrogens (tertiary/aromatic N) is 1. The molecule has 1 aliphatic carbocycles. The molecule has 3 heteroatoms. The maximum atomic E-state index is 10.9. The van der Waals surface area contributed by atoms with Crippen LogP contribution in [0.3, 0.4) is 0 Å². The summed E-state index contributed by atoms with van der Waals surface area (Å²) in [5.74, 6) is 0.904. The molecule has 1 fully saturated rings. The van der Waals surface area contributed by atoms with E-state index in [-0.39, 0.29) is 0 Å². The Morgan fingerprint density at radius 2 is 2.50 bits per heavy atom. The van der Waals surface area contributed by atoms with E-state index >= 15 is 0 Å². The molecule has 0 spiro atoms. The van der Waals surface area contributed by atoms with Gasteiger partial charge in [0.15, 0.2) is 0 Å². The van der Waals surface area contributed by atoms with E-state index in [9.17, 15) is 4.79 Å². The van der Waals surface area contributed by atoms with Crippen LogP contribution in [-0.2, 0) is 9.63 Å². The fourth-order valence-electron chi connectivity index (χ4n) is 1.68. The van der Waals surface area contributed by atoms with Crippen molar-refractivity contribution in [2.24, 2.45) is 11.1 Å². The summed E-state index contributed by atoms with van der Waals surface area (Å²) >= 11 is 0. The zero-order valence-electron chi connectivity index (χ0n) is 7.67. The lowest BCUT2D eigenvalue weighted by Crippen LogP contribution is -2.02. The molecule has 1 unspecified atom stereocenters. The molecule has 0 saturated heterocycles. The Hall–Kier alpha value is -0.860. The highest BCUT2D eigenvalue weighted by Crippen LogP contribution is 2.25. The van der Waals surface area contributed by atoms with E-state index in [1.54, 1.807) is 7.11 Å². The summed E-state index contributed by atoms with van der Waals surface area (Å²) in [6.07, 6.45) is 3.41. The summed E-state index contributed by atoms with van der Waals surface area (Å²) < 4.78 is 0. The lowest BCUT2D eigenvalue weighted by molar-refractivity contribution is -0.117. The minimum atomic E-state index is 0.394. The summed E-state index contributed by atoms with van der Waals surface area (Å²) in [5, 5.41) is 3.82. The summed E-state index contributed by atoms with van der Waals surface area (Å²) in [5.41, 5.74) is 0.984.